The Morgan fingerprint density at radius 1 is 1.18 bits per heavy atom. The number of sulfonamides is 1. The molecule has 2 N–H and O–H groups in total. The SMILES string of the molecule is C#Cc1cccc(NC(=O)c2ccc(OC)c(S(=O)(=O)NC3CCCC3)c2)c1. The predicted molar refractivity (Wildman–Crippen MR) is 108 cm³/mol. The molecule has 0 spiro atoms. The van der Waals surface area contributed by atoms with E-state index >= 15 is 0 Å². The third kappa shape index (κ3) is 4.53. The van der Waals surface area contributed by atoms with Gasteiger partial charge in [0.15, 0.2) is 0 Å². The summed E-state index contributed by atoms with van der Waals surface area (Å²) in [5.74, 6) is 2.26. The summed E-state index contributed by atoms with van der Waals surface area (Å²) in [5.41, 5.74) is 1.38. The Balaban J connectivity index is 1.87. The first-order valence-electron chi connectivity index (χ1n) is 9.01. The van der Waals surface area contributed by atoms with E-state index in [4.69, 9.17) is 11.2 Å². The number of hydrogen-bond donors (Lipinski definition) is 2. The number of rotatable bonds is 6. The van der Waals surface area contributed by atoms with Crippen molar-refractivity contribution in [3.8, 4) is 18.1 Å². The second-order valence-corrected chi connectivity index (χ2v) is 8.33. The van der Waals surface area contributed by atoms with Crippen LogP contribution in [0.4, 0.5) is 5.69 Å². The molecular weight excluding hydrogens is 376 g/mol. The minimum atomic E-state index is -3.81. The van der Waals surface area contributed by atoms with Crippen molar-refractivity contribution in [2.75, 3.05) is 12.4 Å². The fourth-order valence-corrected chi connectivity index (χ4v) is 4.74. The van der Waals surface area contributed by atoms with E-state index in [1.54, 1.807) is 24.3 Å². The van der Waals surface area contributed by atoms with Crippen molar-refractivity contribution >= 4 is 21.6 Å². The zero-order chi connectivity index (χ0) is 20.1. The molecule has 1 aliphatic carbocycles. The highest BCUT2D eigenvalue weighted by atomic mass is 32.2. The number of hydrogen-bond acceptors (Lipinski definition) is 4. The molecule has 2 aromatic carbocycles. The standard InChI is InChI=1S/C21H22N2O4S/c1-3-15-7-6-10-18(13-15)22-21(24)16-11-12-19(27-2)20(14-16)28(25,26)23-17-8-4-5-9-17/h1,6-7,10-14,17,23H,4-5,8-9H2,2H3,(H,22,24). The normalized spacial score (nSPS) is 14.4. The molecule has 0 atom stereocenters. The van der Waals surface area contributed by atoms with Gasteiger partial charge in [0, 0.05) is 22.9 Å². The molecule has 0 unspecified atom stereocenters. The van der Waals surface area contributed by atoms with E-state index in [9.17, 15) is 13.2 Å². The van der Waals surface area contributed by atoms with Gasteiger partial charge in [-0.1, -0.05) is 24.8 Å². The minimum Gasteiger partial charge on any atom is -0.495 e. The summed E-state index contributed by atoms with van der Waals surface area (Å²) in [6.07, 6.45) is 9.01. The average molecular weight is 398 g/mol. The highest BCUT2D eigenvalue weighted by molar-refractivity contribution is 7.89. The van der Waals surface area contributed by atoms with Crippen LogP contribution in [0.5, 0.6) is 5.75 Å². The van der Waals surface area contributed by atoms with Crippen LogP contribution in [0, 0.1) is 12.3 Å². The number of amides is 1. The molecule has 0 saturated heterocycles. The van der Waals surface area contributed by atoms with Crippen LogP contribution in [-0.2, 0) is 10.0 Å². The van der Waals surface area contributed by atoms with Crippen LogP contribution in [0.2, 0.25) is 0 Å². The van der Waals surface area contributed by atoms with E-state index in [2.05, 4.69) is 16.0 Å². The maximum Gasteiger partial charge on any atom is 0.255 e. The highest BCUT2D eigenvalue weighted by Crippen LogP contribution is 2.27. The largest absolute Gasteiger partial charge is 0.495 e. The Hall–Kier alpha value is -2.82. The van der Waals surface area contributed by atoms with Gasteiger partial charge in [-0.15, -0.1) is 6.42 Å². The van der Waals surface area contributed by atoms with Crippen LogP contribution in [0.15, 0.2) is 47.4 Å². The first-order valence-corrected chi connectivity index (χ1v) is 10.5. The van der Waals surface area contributed by atoms with Crippen molar-refractivity contribution in [1.82, 2.24) is 4.72 Å². The third-order valence-corrected chi connectivity index (χ3v) is 6.22. The van der Waals surface area contributed by atoms with Crippen LogP contribution in [0.25, 0.3) is 0 Å². The predicted octanol–water partition coefficient (Wildman–Crippen LogP) is 3.15. The summed E-state index contributed by atoms with van der Waals surface area (Å²) >= 11 is 0. The van der Waals surface area contributed by atoms with Gasteiger partial charge < -0.3 is 10.1 Å². The molecule has 3 rings (SSSR count). The van der Waals surface area contributed by atoms with Gasteiger partial charge in [-0.2, -0.15) is 0 Å². The number of carbonyl (C=O) groups is 1. The first kappa shape index (κ1) is 19.9. The summed E-state index contributed by atoms with van der Waals surface area (Å²) in [6.45, 7) is 0. The number of carbonyl (C=O) groups excluding carboxylic acids is 1. The van der Waals surface area contributed by atoms with Crippen LogP contribution in [0.1, 0.15) is 41.6 Å². The molecule has 1 amide bonds. The molecule has 146 valence electrons. The van der Waals surface area contributed by atoms with Crippen molar-refractivity contribution in [3.05, 3.63) is 53.6 Å². The van der Waals surface area contributed by atoms with Crippen molar-refractivity contribution in [2.45, 2.75) is 36.6 Å². The molecule has 1 aliphatic rings. The first-order chi connectivity index (χ1) is 13.4. The fraction of sp³-hybridized carbons (Fsp3) is 0.286. The second kappa shape index (κ2) is 8.46. The van der Waals surface area contributed by atoms with Crippen LogP contribution in [0.3, 0.4) is 0 Å². The maximum absolute atomic E-state index is 12.8. The van der Waals surface area contributed by atoms with Gasteiger partial charge in [0.2, 0.25) is 10.0 Å². The van der Waals surface area contributed by atoms with E-state index in [0.717, 1.165) is 25.7 Å². The minimum absolute atomic E-state index is 0.0491. The van der Waals surface area contributed by atoms with Gasteiger partial charge >= 0.3 is 0 Å². The monoisotopic (exact) mass is 398 g/mol. The van der Waals surface area contributed by atoms with Gasteiger partial charge in [0.1, 0.15) is 10.6 Å². The summed E-state index contributed by atoms with van der Waals surface area (Å²) < 4.78 is 33.6. The molecular formula is C21H22N2O4S. The van der Waals surface area contributed by atoms with Crippen molar-refractivity contribution in [1.29, 1.82) is 0 Å². The third-order valence-electron chi connectivity index (χ3n) is 4.68. The second-order valence-electron chi connectivity index (χ2n) is 6.65. The topological polar surface area (TPSA) is 84.5 Å². The van der Waals surface area contributed by atoms with Crippen molar-refractivity contribution in [2.24, 2.45) is 0 Å². The number of methoxy groups -OCH3 is 1. The van der Waals surface area contributed by atoms with E-state index in [1.165, 1.54) is 25.3 Å². The molecule has 7 heteroatoms. The Morgan fingerprint density at radius 3 is 2.61 bits per heavy atom. The van der Waals surface area contributed by atoms with Gasteiger partial charge in [-0.25, -0.2) is 13.1 Å². The Bertz CT molecular complexity index is 1020. The number of ether oxygens (including phenoxy) is 1. The quantitative estimate of drug-likeness (QED) is 0.732. The molecule has 28 heavy (non-hydrogen) atoms. The lowest BCUT2D eigenvalue weighted by molar-refractivity contribution is 0.102. The Morgan fingerprint density at radius 2 is 1.93 bits per heavy atom. The van der Waals surface area contributed by atoms with Crippen molar-refractivity contribution in [3.63, 3.8) is 0 Å². The fourth-order valence-electron chi connectivity index (χ4n) is 3.24. The van der Waals surface area contributed by atoms with Gasteiger partial charge in [0.05, 0.1) is 7.11 Å². The number of nitrogens with one attached hydrogen (secondary N) is 2. The lowest BCUT2D eigenvalue weighted by Gasteiger charge is -2.16. The van der Waals surface area contributed by atoms with Gasteiger partial charge in [-0.3, -0.25) is 4.79 Å². The van der Waals surface area contributed by atoms with E-state index < -0.39 is 15.9 Å². The lowest BCUT2D eigenvalue weighted by atomic mass is 10.1. The maximum atomic E-state index is 12.8. The molecule has 1 fully saturated rings. The van der Waals surface area contributed by atoms with Gasteiger partial charge in [-0.05, 0) is 49.2 Å². The molecule has 0 radical (unpaired) electrons. The number of benzene rings is 2. The summed E-state index contributed by atoms with van der Waals surface area (Å²) in [5, 5.41) is 2.73. The van der Waals surface area contributed by atoms with E-state index in [0.29, 0.717) is 11.3 Å². The summed E-state index contributed by atoms with van der Waals surface area (Å²) in [4.78, 5) is 12.6. The molecule has 6 nitrogen and oxygen atoms in total. The molecule has 0 aliphatic heterocycles. The molecule has 0 heterocycles. The highest BCUT2D eigenvalue weighted by Gasteiger charge is 2.26. The van der Waals surface area contributed by atoms with Crippen molar-refractivity contribution < 1.29 is 17.9 Å². The zero-order valence-corrected chi connectivity index (χ0v) is 16.4. The average Bonchev–Trinajstić information content (AvgIpc) is 3.19. The molecule has 0 bridgehead atoms. The van der Waals surface area contributed by atoms with Crippen LogP contribution >= 0.6 is 0 Å². The summed E-state index contributed by atoms with van der Waals surface area (Å²) in [6, 6.07) is 11.1. The zero-order valence-electron chi connectivity index (χ0n) is 15.6. The summed E-state index contributed by atoms with van der Waals surface area (Å²) in [7, 11) is -2.41. The Kier molecular flexibility index (Phi) is 6.02. The molecule has 2 aromatic rings. The van der Waals surface area contributed by atoms with Gasteiger partial charge in [0.25, 0.3) is 5.91 Å². The lowest BCUT2D eigenvalue weighted by Crippen LogP contribution is -2.33. The smallest absolute Gasteiger partial charge is 0.255 e. The van der Waals surface area contributed by atoms with Crippen LogP contribution in [-0.4, -0.2) is 27.5 Å². The Labute approximate surface area is 165 Å². The van der Waals surface area contributed by atoms with E-state index in [-0.39, 0.29) is 22.3 Å². The van der Waals surface area contributed by atoms with E-state index in [1.807, 2.05) is 0 Å². The number of terminal acetylenes is 1. The molecule has 0 aromatic heterocycles. The number of anilines is 1. The van der Waals surface area contributed by atoms with Crippen LogP contribution < -0.4 is 14.8 Å². The molecule has 1 saturated carbocycles.